The van der Waals surface area contributed by atoms with Gasteiger partial charge in [-0.3, -0.25) is 4.79 Å². The fraction of sp³-hybridized carbons (Fsp3) is 0.500. The molecule has 3 nitrogen and oxygen atoms in total. The van der Waals surface area contributed by atoms with Gasteiger partial charge in [-0.15, -0.1) is 0 Å². The molecule has 5 heteroatoms. The van der Waals surface area contributed by atoms with E-state index in [1.807, 2.05) is 0 Å². The van der Waals surface area contributed by atoms with E-state index in [4.69, 9.17) is 0 Å². The van der Waals surface area contributed by atoms with Crippen molar-refractivity contribution < 1.29 is 13.2 Å². The van der Waals surface area contributed by atoms with E-state index in [0.717, 1.165) is 25.7 Å². The van der Waals surface area contributed by atoms with Crippen molar-refractivity contribution in [3.05, 3.63) is 34.3 Å². The van der Waals surface area contributed by atoms with Crippen LogP contribution in [0.3, 0.4) is 0 Å². The highest BCUT2D eigenvalue weighted by molar-refractivity contribution is 9.10. The zero-order chi connectivity index (χ0) is 13.9. The molecule has 0 bridgehead atoms. The first-order valence-corrected chi connectivity index (χ1v) is 9.07. The van der Waals surface area contributed by atoms with Gasteiger partial charge in [0.1, 0.15) is 5.75 Å². The van der Waals surface area contributed by atoms with Crippen molar-refractivity contribution >= 4 is 31.6 Å². The van der Waals surface area contributed by atoms with Crippen molar-refractivity contribution in [1.82, 2.24) is 0 Å². The standard InChI is InChI=1S/C14H17BrO3S/c15-13-8-4-3-7-12(13)14(16)10-19(17,18)9-11-5-1-2-6-11/h3-4,7-8,11H,1-2,5-6,9-10H2. The molecular formula is C14H17BrO3S. The quantitative estimate of drug-likeness (QED) is 0.770. The Morgan fingerprint density at radius 3 is 2.47 bits per heavy atom. The zero-order valence-corrected chi connectivity index (χ0v) is 13.0. The molecule has 1 aromatic carbocycles. The molecule has 1 saturated carbocycles. The van der Waals surface area contributed by atoms with Crippen LogP contribution >= 0.6 is 15.9 Å². The number of hydrogen-bond acceptors (Lipinski definition) is 3. The van der Waals surface area contributed by atoms with Gasteiger partial charge in [0.05, 0.1) is 5.75 Å². The van der Waals surface area contributed by atoms with Gasteiger partial charge in [-0.25, -0.2) is 8.42 Å². The van der Waals surface area contributed by atoms with Crippen LogP contribution in [0.4, 0.5) is 0 Å². The monoisotopic (exact) mass is 344 g/mol. The summed E-state index contributed by atoms with van der Waals surface area (Å²) in [7, 11) is -3.30. The van der Waals surface area contributed by atoms with Crippen LogP contribution < -0.4 is 0 Å². The Morgan fingerprint density at radius 1 is 1.21 bits per heavy atom. The zero-order valence-electron chi connectivity index (χ0n) is 10.6. The van der Waals surface area contributed by atoms with Crippen LogP contribution in [0.15, 0.2) is 28.7 Å². The number of sulfone groups is 1. The lowest BCUT2D eigenvalue weighted by molar-refractivity contribution is 0.102. The average Bonchev–Trinajstić information content (AvgIpc) is 2.80. The molecule has 1 aliphatic carbocycles. The van der Waals surface area contributed by atoms with Crippen molar-refractivity contribution in [2.45, 2.75) is 25.7 Å². The highest BCUT2D eigenvalue weighted by atomic mass is 79.9. The number of carbonyl (C=O) groups is 1. The summed E-state index contributed by atoms with van der Waals surface area (Å²) in [5.74, 6) is -0.308. The first-order valence-electron chi connectivity index (χ1n) is 6.46. The van der Waals surface area contributed by atoms with E-state index >= 15 is 0 Å². The molecule has 1 fully saturated rings. The summed E-state index contributed by atoms with van der Waals surface area (Å²) in [6.45, 7) is 0. The maximum atomic E-state index is 12.0. The summed E-state index contributed by atoms with van der Waals surface area (Å²) in [4.78, 5) is 12.0. The highest BCUT2D eigenvalue weighted by Crippen LogP contribution is 2.26. The number of Topliss-reactive ketones (excluding diaryl/α,β-unsaturated/α-hetero) is 1. The average molecular weight is 345 g/mol. The second-order valence-corrected chi connectivity index (χ2v) is 8.07. The Hall–Kier alpha value is -0.680. The van der Waals surface area contributed by atoms with Gasteiger partial charge in [-0.2, -0.15) is 0 Å². The van der Waals surface area contributed by atoms with Crippen molar-refractivity contribution in [2.75, 3.05) is 11.5 Å². The molecule has 0 aromatic heterocycles. The lowest BCUT2D eigenvalue weighted by Crippen LogP contribution is -2.22. The van der Waals surface area contributed by atoms with E-state index in [-0.39, 0.29) is 23.2 Å². The van der Waals surface area contributed by atoms with Gasteiger partial charge in [-0.05, 0) is 24.8 Å². The van der Waals surface area contributed by atoms with Crippen LogP contribution in [-0.2, 0) is 9.84 Å². The van der Waals surface area contributed by atoms with E-state index in [0.29, 0.717) is 10.0 Å². The van der Waals surface area contributed by atoms with Gasteiger partial charge in [-0.1, -0.05) is 47.0 Å². The lowest BCUT2D eigenvalue weighted by atomic mass is 10.1. The number of ketones is 1. The maximum absolute atomic E-state index is 12.0. The molecule has 1 aliphatic rings. The van der Waals surface area contributed by atoms with Crippen molar-refractivity contribution in [3.63, 3.8) is 0 Å². The molecule has 19 heavy (non-hydrogen) atoms. The van der Waals surface area contributed by atoms with E-state index in [9.17, 15) is 13.2 Å². The number of halogens is 1. The third-order valence-electron chi connectivity index (χ3n) is 3.49. The first-order chi connectivity index (χ1) is 8.98. The van der Waals surface area contributed by atoms with Crippen LogP contribution in [0.25, 0.3) is 0 Å². The van der Waals surface area contributed by atoms with Crippen LogP contribution in [0.2, 0.25) is 0 Å². The van der Waals surface area contributed by atoms with Crippen molar-refractivity contribution in [2.24, 2.45) is 5.92 Å². The minimum atomic E-state index is -3.30. The molecule has 0 radical (unpaired) electrons. The Labute approximate surface area is 122 Å². The third-order valence-corrected chi connectivity index (χ3v) is 5.86. The summed E-state index contributed by atoms with van der Waals surface area (Å²) in [5.41, 5.74) is 0.442. The van der Waals surface area contributed by atoms with E-state index < -0.39 is 9.84 Å². The van der Waals surface area contributed by atoms with Crippen molar-refractivity contribution in [1.29, 1.82) is 0 Å². The number of hydrogen-bond donors (Lipinski definition) is 0. The normalized spacial score (nSPS) is 16.7. The third kappa shape index (κ3) is 4.14. The molecule has 1 aromatic rings. The minimum absolute atomic E-state index is 0.156. The molecule has 0 atom stereocenters. The van der Waals surface area contributed by atoms with Crippen LogP contribution in [-0.4, -0.2) is 25.7 Å². The van der Waals surface area contributed by atoms with Gasteiger partial charge >= 0.3 is 0 Å². The predicted octanol–water partition coefficient (Wildman–Crippen LogP) is 3.24. The molecule has 0 aliphatic heterocycles. The van der Waals surface area contributed by atoms with Crippen LogP contribution in [0, 0.1) is 5.92 Å². The fourth-order valence-corrected chi connectivity index (χ4v) is 4.79. The van der Waals surface area contributed by atoms with E-state index in [2.05, 4.69) is 15.9 Å². The molecular weight excluding hydrogens is 328 g/mol. The Kier molecular flexibility index (Phi) is 4.79. The Morgan fingerprint density at radius 2 is 1.84 bits per heavy atom. The van der Waals surface area contributed by atoms with Gasteiger partial charge in [0.25, 0.3) is 0 Å². The van der Waals surface area contributed by atoms with E-state index in [1.165, 1.54) is 0 Å². The number of carbonyl (C=O) groups excluding carboxylic acids is 1. The molecule has 2 rings (SSSR count). The molecule has 0 amide bonds. The van der Waals surface area contributed by atoms with Gasteiger partial charge in [0.15, 0.2) is 15.6 Å². The smallest absolute Gasteiger partial charge is 0.178 e. The second kappa shape index (κ2) is 6.18. The lowest BCUT2D eigenvalue weighted by Gasteiger charge is -2.10. The second-order valence-electron chi connectivity index (χ2n) is 5.11. The molecule has 0 unspecified atom stereocenters. The molecule has 0 heterocycles. The number of rotatable bonds is 5. The van der Waals surface area contributed by atoms with Gasteiger partial charge < -0.3 is 0 Å². The maximum Gasteiger partial charge on any atom is 0.178 e. The van der Waals surface area contributed by atoms with Gasteiger partial charge in [0, 0.05) is 10.0 Å². The minimum Gasteiger partial charge on any atom is -0.293 e. The summed E-state index contributed by atoms with van der Waals surface area (Å²) in [6, 6.07) is 6.93. The summed E-state index contributed by atoms with van der Waals surface area (Å²) in [6.07, 6.45) is 4.17. The predicted molar refractivity (Wildman–Crippen MR) is 79.1 cm³/mol. The number of benzene rings is 1. The Bertz CT molecular complexity index is 560. The molecule has 0 spiro atoms. The summed E-state index contributed by atoms with van der Waals surface area (Å²) >= 11 is 3.28. The molecule has 0 saturated heterocycles. The topological polar surface area (TPSA) is 51.2 Å². The largest absolute Gasteiger partial charge is 0.293 e. The van der Waals surface area contributed by atoms with E-state index in [1.54, 1.807) is 24.3 Å². The molecule has 0 N–H and O–H groups in total. The molecule has 104 valence electrons. The van der Waals surface area contributed by atoms with Crippen LogP contribution in [0.1, 0.15) is 36.0 Å². The van der Waals surface area contributed by atoms with Gasteiger partial charge in [0.2, 0.25) is 0 Å². The summed E-state index contributed by atoms with van der Waals surface area (Å²) in [5, 5.41) is 0. The highest BCUT2D eigenvalue weighted by Gasteiger charge is 2.25. The summed E-state index contributed by atoms with van der Waals surface area (Å²) < 4.78 is 24.7. The van der Waals surface area contributed by atoms with Crippen LogP contribution in [0.5, 0.6) is 0 Å². The fourth-order valence-electron chi connectivity index (χ4n) is 2.56. The SMILES string of the molecule is O=C(CS(=O)(=O)CC1CCCC1)c1ccccc1Br. The first kappa shape index (κ1) is 14.7. The Balaban J connectivity index is 2.03. The van der Waals surface area contributed by atoms with Crippen molar-refractivity contribution in [3.8, 4) is 0 Å².